The van der Waals surface area contributed by atoms with Crippen molar-refractivity contribution in [2.75, 3.05) is 20.7 Å². The van der Waals surface area contributed by atoms with Crippen LogP contribution in [0.15, 0.2) is 18.2 Å². The lowest BCUT2D eigenvalue weighted by molar-refractivity contribution is 0.0738. The molecule has 2 heterocycles. The largest absolute Gasteiger partial charge is 0.495 e. The smallest absolute Gasteiger partial charge is 0.253 e. The molecule has 1 aromatic heterocycles. The molecule has 2 saturated carbocycles. The molecule has 1 aliphatic heterocycles. The number of aryl methyl sites for hydroxylation is 1. The van der Waals surface area contributed by atoms with Crippen LogP contribution in [0.5, 0.6) is 5.75 Å². The molecule has 33 heavy (non-hydrogen) atoms. The van der Waals surface area contributed by atoms with Crippen molar-refractivity contribution in [3.05, 3.63) is 29.5 Å². The van der Waals surface area contributed by atoms with Gasteiger partial charge in [-0.1, -0.05) is 32.9 Å². The van der Waals surface area contributed by atoms with Crippen LogP contribution < -0.4 is 10.1 Å². The van der Waals surface area contributed by atoms with E-state index in [2.05, 4.69) is 55.6 Å². The minimum atomic E-state index is 0.0781. The predicted molar refractivity (Wildman–Crippen MR) is 134 cm³/mol. The summed E-state index contributed by atoms with van der Waals surface area (Å²) in [6.45, 7) is 11.3. The predicted octanol–water partition coefficient (Wildman–Crippen LogP) is 5.39. The van der Waals surface area contributed by atoms with Crippen LogP contribution in [0.2, 0.25) is 0 Å². The van der Waals surface area contributed by atoms with Gasteiger partial charge >= 0.3 is 0 Å². The van der Waals surface area contributed by atoms with Gasteiger partial charge in [0.1, 0.15) is 5.75 Å². The lowest BCUT2D eigenvalue weighted by atomic mass is 9.68. The van der Waals surface area contributed by atoms with Crippen molar-refractivity contribution in [1.82, 2.24) is 14.8 Å². The second kappa shape index (κ2) is 8.04. The molecule has 180 valence electrons. The Labute approximate surface area is 198 Å². The topological polar surface area (TPSA) is 46.5 Å². The summed E-state index contributed by atoms with van der Waals surface area (Å²) in [4.78, 5) is 16.4. The number of aromatic nitrogens is 1. The number of hydrogen-bond donors (Lipinski definition) is 1. The van der Waals surface area contributed by atoms with Gasteiger partial charge in [0, 0.05) is 29.7 Å². The third-order valence-electron chi connectivity index (χ3n) is 9.65. The highest BCUT2D eigenvalue weighted by Gasteiger charge is 2.59. The zero-order valence-electron chi connectivity index (χ0n) is 21.3. The maximum Gasteiger partial charge on any atom is 0.253 e. The van der Waals surface area contributed by atoms with Crippen LogP contribution in [0.1, 0.15) is 75.3 Å². The molecule has 1 saturated heterocycles. The number of rotatable bonds is 6. The van der Waals surface area contributed by atoms with E-state index in [9.17, 15) is 4.79 Å². The normalized spacial score (nSPS) is 30.9. The van der Waals surface area contributed by atoms with Gasteiger partial charge in [-0.15, -0.1) is 0 Å². The second-order valence-electron chi connectivity index (χ2n) is 11.9. The van der Waals surface area contributed by atoms with E-state index in [1.165, 1.54) is 38.6 Å². The van der Waals surface area contributed by atoms with E-state index in [-0.39, 0.29) is 22.8 Å². The molecule has 1 amide bonds. The Hall–Kier alpha value is -2.01. The number of benzene rings is 1. The van der Waals surface area contributed by atoms with E-state index in [1.54, 1.807) is 7.11 Å². The highest BCUT2D eigenvalue weighted by atomic mass is 16.5. The molecule has 5 heteroatoms. The Morgan fingerprint density at radius 3 is 2.67 bits per heavy atom. The number of nitrogens with zero attached hydrogens (tertiary/aromatic N) is 2. The molecule has 4 atom stereocenters. The first kappa shape index (κ1) is 22.8. The molecular formula is C28H41N3O2. The third-order valence-corrected chi connectivity index (χ3v) is 9.65. The Kier molecular flexibility index (Phi) is 5.55. The van der Waals surface area contributed by atoms with E-state index in [4.69, 9.17) is 4.74 Å². The van der Waals surface area contributed by atoms with Crippen LogP contribution in [0.4, 0.5) is 0 Å². The number of ether oxygens (including phenoxy) is 1. The van der Waals surface area contributed by atoms with Gasteiger partial charge in [-0.2, -0.15) is 0 Å². The Bertz CT molecular complexity index is 1070. The average Bonchev–Trinajstić information content (AvgIpc) is 3.49. The molecule has 5 rings (SSSR count). The highest BCUT2D eigenvalue weighted by molar-refractivity contribution is 6.09. The van der Waals surface area contributed by atoms with Crippen molar-refractivity contribution < 1.29 is 9.53 Å². The van der Waals surface area contributed by atoms with E-state index < -0.39 is 0 Å². The van der Waals surface area contributed by atoms with Crippen LogP contribution in [-0.4, -0.2) is 48.2 Å². The Balaban J connectivity index is 1.50. The van der Waals surface area contributed by atoms with E-state index in [0.717, 1.165) is 40.9 Å². The third kappa shape index (κ3) is 3.50. The summed E-state index contributed by atoms with van der Waals surface area (Å²) in [6, 6.07) is 6.94. The highest BCUT2D eigenvalue weighted by Crippen LogP contribution is 2.62. The number of carbonyl (C=O) groups is 1. The zero-order valence-corrected chi connectivity index (χ0v) is 21.3. The number of carbonyl (C=O) groups excluding carboxylic acids is 1. The average molecular weight is 452 g/mol. The maximum absolute atomic E-state index is 13.9. The fourth-order valence-electron chi connectivity index (χ4n) is 7.72. The molecule has 4 unspecified atom stereocenters. The summed E-state index contributed by atoms with van der Waals surface area (Å²) in [5, 5.41) is 4.55. The van der Waals surface area contributed by atoms with Crippen LogP contribution in [0.25, 0.3) is 10.9 Å². The molecule has 0 radical (unpaired) electrons. The van der Waals surface area contributed by atoms with Gasteiger partial charge in [0.05, 0.1) is 18.2 Å². The first-order chi connectivity index (χ1) is 15.7. The molecule has 1 aromatic carbocycles. The molecule has 2 aromatic rings. The number of likely N-dealkylation sites (tertiary alicyclic amines) is 1. The van der Waals surface area contributed by atoms with Crippen LogP contribution >= 0.6 is 0 Å². The molecule has 2 aliphatic carbocycles. The summed E-state index contributed by atoms with van der Waals surface area (Å²) in [7, 11) is 3.96. The first-order valence-corrected chi connectivity index (χ1v) is 12.8. The Morgan fingerprint density at radius 1 is 1.24 bits per heavy atom. The van der Waals surface area contributed by atoms with Crippen molar-refractivity contribution in [1.29, 1.82) is 0 Å². The molecular weight excluding hydrogens is 410 g/mol. The minimum Gasteiger partial charge on any atom is -0.495 e. The van der Waals surface area contributed by atoms with Crippen molar-refractivity contribution in [3.8, 4) is 5.75 Å². The van der Waals surface area contributed by atoms with Gasteiger partial charge in [-0.3, -0.25) is 4.79 Å². The van der Waals surface area contributed by atoms with Crippen molar-refractivity contribution in [2.45, 2.75) is 84.8 Å². The van der Waals surface area contributed by atoms with Gasteiger partial charge in [-0.05, 0) is 81.9 Å². The van der Waals surface area contributed by atoms with Gasteiger partial charge in [0.25, 0.3) is 5.91 Å². The van der Waals surface area contributed by atoms with Crippen molar-refractivity contribution >= 4 is 16.8 Å². The lowest BCUT2D eigenvalue weighted by Crippen LogP contribution is -2.52. The molecule has 0 spiro atoms. The molecule has 3 fully saturated rings. The number of fused-ring (bicyclic) bond motifs is 3. The lowest BCUT2D eigenvalue weighted by Gasteiger charge is -2.43. The summed E-state index contributed by atoms with van der Waals surface area (Å²) in [6.07, 6.45) is 7.37. The molecule has 1 N–H and O–H groups in total. The molecule has 3 aliphatic rings. The fourth-order valence-corrected chi connectivity index (χ4v) is 7.72. The van der Waals surface area contributed by atoms with Crippen LogP contribution in [-0.2, 0) is 6.54 Å². The summed E-state index contributed by atoms with van der Waals surface area (Å²) < 4.78 is 8.11. The maximum atomic E-state index is 13.9. The van der Waals surface area contributed by atoms with Gasteiger partial charge in [-0.25, -0.2) is 0 Å². The van der Waals surface area contributed by atoms with Gasteiger partial charge in [0.2, 0.25) is 0 Å². The first-order valence-electron chi connectivity index (χ1n) is 12.8. The van der Waals surface area contributed by atoms with Gasteiger partial charge < -0.3 is 19.5 Å². The number of amides is 1. The van der Waals surface area contributed by atoms with E-state index in [0.29, 0.717) is 12.0 Å². The molecule has 2 bridgehead atoms. The van der Waals surface area contributed by atoms with E-state index >= 15 is 0 Å². The standard InChI is InChI=1S/C28H41N3O2/c1-18-23(25(32)29-26-27(2,3)19-12-14-28(26,4)17-19)21-10-7-11-22(33-6)24(21)31(18)16-13-20-9-8-15-30(20)5/h7,10-11,19-20,26H,8-9,12-17H2,1-6H3,(H,29,32). The summed E-state index contributed by atoms with van der Waals surface area (Å²) >= 11 is 0. The minimum absolute atomic E-state index is 0.0781. The molecule has 5 nitrogen and oxygen atoms in total. The summed E-state index contributed by atoms with van der Waals surface area (Å²) in [5.41, 5.74) is 3.28. The number of hydrogen-bond acceptors (Lipinski definition) is 3. The fraction of sp³-hybridized carbons (Fsp3) is 0.679. The van der Waals surface area contributed by atoms with Crippen LogP contribution in [0, 0.1) is 23.7 Å². The van der Waals surface area contributed by atoms with Gasteiger partial charge in [0.15, 0.2) is 0 Å². The SMILES string of the molecule is COc1cccc2c(C(=O)NC3C4(C)CCC(C4)C3(C)C)c(C)n(CCC3CCCN3C)c12. The van der Waals surface area contributed by atoms with E-state index in [1.807, 2.05) is 12.1 Å². The number of nitrogens with one attached hydrogen (secondary N) is 1. The monoisotopic (exact) mass is 451 g/mol. The Morgan fingerprint density at radius 2 is 2.03 bits per heavy atom. The number of methoxy groups -OCH3 is 1. The van der Waals surface area contributed by atoms with Crippen molar-refractivity contribution in [2.24, 2.45) is 16.7 Å². The number of para-hydroxylation sites is 1. The van der Waals surface area contributed by atoms with Crippen LogP contribution in [0.3, 0.4) is 0 Å². The van der Waals surface area contributed by atoms with Crippen molar-refractivity contribution in [3.63, 3.8) is 0 Å². The summed E-state index contributed by atoms with van der Waals surface area (Å²) in [5.74, 6) is 1.63. The second-order valence-corrected chi connectivity index (χ2v) is 11.9. The zero-order chi connectivity index (χ0) is 23.5. The quantitative estimate of drug-likeness (QED) is 0.641.